The molecule has 0 aliphatic heterocycles. The first kappa shape index (κ1) is 51.6. The van der Waals surface area contributed by atoms with Crippen LogP contribution in [0.15, 0.2) is 12.5 Å². The van der Waals surface area contributed by atoms with Gasteiger partial charge in [-0.25, -0.2) is 9.78 Å². The third-order valence-corrected chi connectivity index (χ3v) is 10.3. The van der Waals surface area contributed by atoms with Gasteiger partial charge in [-0.3, -0.25) is 19.2 Å². The molecule has 0 radical (unpaired) electrons. The standard InChI is InChI=1S/C45H79N3O9/c1-3-5-7-9-11-13-15-17-19-21-23-25-27-29-42(50)55-35-39(57-44(52)30-28-26-24-22-20-18-16-14-12-10-8-6-4-2)36-56-43(51)32-31-41(49)48-40(45(53)54)33-38-34-46-37-47-38/h34,37,39-40H,3-33,35-36H2,1-2H3,(H,46,47)(H,48,49)(H,53,54). The van der Waals surface area contributed by atoms with Crippen LogP contribution < -0.4 is 5.32 Å². The summed E-state index contributed by atoms with van der Waals surface area (Å²) in [7, 11) is 0. The van der Waals surface area contributed by atoms with E-state index in [1.165, 1.54) is 135 Å². The summed E-state index contributed by atoms with van der Waals surface area (Å²) in [5.41, 5.74) is 0.543. The lowest BCUT2D eigenvalue weighted by Gasteiger charge is -2.18. The van der Waals surface area contributed by atoms with Gasteiger partial charge in [-0.1, -0.05) is 168 Å². The van der Waals surface area contributed by atoms with Crippen LogP contribution in [0.5, 0.6) is 0 Å². The monoisotopic (exact) mass is 806 g/mol. The molecule has 1 amide bonds. The SMILES string of the molecule is CCCCCCCCCCCCCCCC(=O)OCC(COC(=O)CCC(=O)NC(Cc1cnc[nH]1)C(=O)O)OC(=O)CCCCCCCCCCCCCCC. The minimum absolute atomic E-state index is 0.00987. The molecule has 3 N–H and O–H groups in total. The van der Waals surface area contributed by atoms with Gasteiger partial charge in [-0.2, -0.15) is 0 Å². The van der Waals surface area contributed by atoms with Gasteiger partial charge in [0.2, 0.25) is 5.91 Å². The van der Waals surface area contributed by atoms with E-state index in [2.05, 4.69) is 29.1 Å². The molecule has 0 aromatic carbocycles. The van der Waals surface area contributed by atoms with Crippen LogP contribution in [0.1, 0.15) is 212 Å². The van der Waals surface area contributed by atoms with Crippen molar-refractivity contribution in [1.29, 1.82) is 0 Å². The van der Waals surface area contributed by atoms with Crippen molar-refractivity contribution in [2.75, 3.05) is 13.2 Å². The summed E-state index contributed by atoms with van der Waals surface area (Å²) in [6.45, 7) is 3.92. The molecule has 1 heterocycles. The number of carbonyl (C=O) groups excluding carboxylic acids is 4. The minimum Gasteiger partial charge on any atom is -0.480 e. The Hall–Kier alpha value is -3.44. The number of aliphatic carboxylic acids is 1. The van der Waals surface area contributed by atoms with Crippen molar-refractivity contribution >= 4 is 29.8 Å². The molecule has 1 rings (SSSR count). The number of nitrogens with one attached hydrogen (secondary N) is 2. The van der Waals surface area contributed by atoms with Crippen LogP contribution >= 0.6 is 0 Å². The highest BCUT2D eigenvalue weighted by molar-refractivity contribution is 5.85. The van der Waals surface area contributed by atoms with Crippen LogP contribution in [0.2, 0.25) is 0 Å². The quantitative estimate of drug-likeness (QED) is 0.0329. The number of imidazole rings is 1. The maximum Gasteiger partial charge on any atom is 0.326 e. The van der Waals surface area contributed by atoms with E-state index in [9.17, 15) is 29.1 Å². The lowest BCUT2D eigenvalue weighted by molar-refractivity contribution is -0.167. The normalized spacial score (nSPS) is 12.2. The number of aromatic amines is 1. The average molecular weight is 806 g/mol. The summed E-state index contributed by atoms with van der Waals surface area (Å²) in [5, 5.41) is 11.9. The van der Waals surface area contributed by atoms with E-state index in [-0.39, 0.29) is 51.3 Å². The van der Waals surface area contributed by atoms with Crippen molar-refractivity contribution in [3.63, 3.8) is 0 Å². The number of carboxylic acids is 1. The second-order valence-corrected chi connectivity index (χ2v) is 15.7. The summed E-state index contributed by atoms with van der Waals surface area (Å²) in [5.74, 6) is -3.39. The van der Waals surface area contributed by atoms with Crippen LogP contribution in [0.25, 0.3) is 0 Å². The number of esters is 3. The van der Waals surface area contributed by atoms with Gasteiger partial charge in [-0.15, -0.1) is 0 Å². The predicted octanol–water partition coefficient (Wildman–Crippen LogP) is 10.3. The molecule has 0 aliphatic carbocycles. The van der Waals surface area contributed by atoms with Gasteiger partial charge in [0, 0.05) is 37.6 Å². The lowest BCUT2D eigenvalue weighted by atomic mass is 10.0. The highest BCUT2D eigenvalue weighted by Crippen LogP contribution is 2.15. The van der Waals surface area contributed by atoms with Gasteiger partial charge in [-0.05, 0) is 12.8 Å². The number of hydrogen-bond acceptors (Lipinski definition) is 9. The fourth-order valence-electron chi connectivity index (χ4n) is 6.75. The second-order valence-electron chi connectivity index (χ2n) is 15.7. The van der Waals surface area contributed by atoms with Gasteiger partial charge in [0.15, 0.2) is 6.10 Å². The lowest BCUT2D eigenvalue weighted by Crippen LogP contribution is -2.42. The molecule has 12 nitrogen and oxygen atoms in total. The van der Waals surface area contributed by atoms with Crippen molar-refractivity contribution < 1.29 is 43.3 Å². The summed E-state index contributed by atoms with van der Waals surface area (Å²) in [6.07, 6.45) is 33.1. The molecule has 12 heteroatoms. The Bertz CT molecular complexity index is 1160. The van der Waals surface area contributed by atoms with Gasteiger partial charge >= 0.3 is 23.9 Å². The topological polar surface area (TPSA) is 174 Å². The summed E-state index contributed by atoms with van der Waals surface area (Å²) < 4.78 is 16.3. The van der Waals surface area contributed by atoms with Crippen LogP contribution in [-0.2, 0) is 44.6 Å². The molecule has 2 unspecified atom stereocenters. The second kappa shape index (κ2) is 36.9. The van der Waals surface area contributed by atoms with E-state index in [0.717, 1.165) is 38.5 Å². The maximum atomic E-state index is 12.7. The van der Waals surface area contributed by atoms with Crippen LogP contribution in [0, 0.1) is 0 Å². The first-order chi connectivity index (χ1) is 27.7. The summed E-state index contributed by atoms with van der Waals surface area (Å²) in [6, 6.07) is -1.19. The largest absolute Gasteiger partial charge is 0.480 e. The van der Waals surface area contributed by atoms with Gasteiger partial charge < -0.3 is 29.6 Å². The van der Waals surface area contributed by atoms with E-state index >= 15 is 0 Å². The number of H-pyrrole nitrogens is 1. The highest BCUT2D eigenvalue weighted by atomic mass is 16.6. The van der Waals surface area contributed by atoms with Crippen molar-refractivity contribution in [2.24, 2.45) is 0 Å². The summed E-state index contributed by atoms with van der Waals surface area (Å²) >= 11 is 0. The van der Waals surface area contributed by atoms with Crippen molar-refractivity contribution in [2.45, 2.75) is 225 Å². The molecule has 1 aromatic rings. The number of rotatable bonds is 40. The molecule has 2 atom stereocenters. The Morgan fingerprint density at radius 2 is 0.982 bits per heavy atom. The van der Waals surface area contributed by atoms with Crippen LogP contribution in [0.4, 0.5) is 0 Å². The number of unbranched alkanes of at least 4 members (excludes halogenated alkanes) is 24. The number of carboxylic acid groups (broad SMARTS) is 1. The highest BCUT2D eigenvalue weighted by Gasteiger charge is 2.23. The molecule has 57 heavy (non-hydrogen) atoms. The van der Waals surface area contributed by atoms with E-state index < -0.39 is 36.0 Å². The van der Waals surface area contributed by atoms with Crippen molar-refractivity contribution in [3.05, 3.63) is 18.2 Å². The Labute approximate surface area is 344 Å². The fraction of sp³-hybridized carbons (Fsp3) is 0.822. The van der Waals surface area contributed by atoms with Gasteiger partial charge in [0.05, 0.1) is 12.7 Å². The minimum atomic E-state index is -1.22. The molecular weight excluding hydrogens is 727 g/mol. The first-order valence-electron chi connectivity index (χ1n) is 22.7. The molecule has 0 spiro atoms. The zero-order chi connectivity index (χ0) is 41.6. The van der Waals surface area contributed by atoms with Crippen LogP contribution in [-0.4, -0.2) is 70.2 Å². The third kappa shape index (κ3) is 32.2. The molecule has 328 valence electrons. The number of nitrogens with zero attached hydrogens (tertiary/aromatic N) is 1. The van der Waals surface area contributed by atoms with Crippen molar-refractivity contribution in [3.8, 4) is 0 Å². The molecule has 0 saturated carbocycles. The predicted molar refractivity (Wildman–Crippen MR) is 224 cm³/mol. The molecule has 1 aromatic heterocycles. The Balaban J connectivity index is 2.41. The molecule has 0 bridgehead atoms. The number of carbonyl (C=O) groups is 5. The smallest absolute Gasteiger partial charge is 0.326 e. The Morgan fingerprint density at radius 1 is 0.579 bits per heavy atom. The molecule has 0 aliphatic rings. The van der Waals surface area contributed by atoms with Crippen LogP contribution in [0.3, 0.4) is 0 Å². The Morgan fingerprint density at radius 3 is 1.39 bits per heavy atom. The zero-order valence-electron chi connectivity index (χ0n) is 35.8. The van der Waals surface area contributed by atoms with E-state index in [0.29, 0.717) is 12.1 Å². The third-order valence-electron chi connectivity index (χ3n) is 10.3. The number of amides is 1. The van der Waals surface area contributed by atoms with E-state index in [1.807, 2.05) is 0 Å². The van der Waals surface area contributed by atoms with Crippen molar-refractivity contribution in [1.82, 2.24) is 15.3 Å². The van der Waals surface area contributed by atoms with E-state index in [1.54, 1.807) is 0 Å². The average Bonchev–Trinajstić information content (AvgIpc) is 3.71. The summed E-state index contributed by atoms with van der Waals surface area (Å²) in [4.78, 5) is 68.5. The maximum absolute atomic E-state index is 12.7. The van der Waals surface area contributed by atoms with Gasteiger partial charge in [0.25, 0.3) is 0 Å². The number of aromatic nitrogens is 2. The molecular formula is C45H79N3O9. The number of hydrogen-bond donors (Lipinski definition) is 3. The fourth-order valence-corrected chi connectivity index (χ4v) is 6.75. The first-order valence-corrected chi connectivity index (χ1v) is 22.7. The van der Waals surface area contributed by atoms with Gasteiger partial charge in [0.1, 0.15) is 19.3 Å². The Kier molecular flexibility index (Phi) is 33.4. The van der Waals surface area contributed by atoms with E-state index in [4.69, 9.17) is 14.2 Å². The number of ether oxygens (including phenoxy) is 3. The molecule has 0 saturated heterocycles. The molecule has 0 fully saturated rings. The zero-order valence-corrected chi connectivity index (χ0v) is 35.8.